The molecule has 28 heavy (non-hydrogen) atoms. The highest BCUT2D eigenvalue weighted by atomic mass is 16.5. The Bertz CT molecular complexity index is 825. The lowest BCUT2D eigenvalue weighted by Crippen LogP contribution is -2.38. The fourth-order valence-corrected chi connectivity index (χ4v) is 3.36. The van der Waals surface area contributed by atoms with E-state index in [9.17, 15) is 5.11 Å². The van der Waals surface area contributed by atoms with Crippen LogP contribution in [0.5, 0.6) is 11.5 Å². The number of aliphatic hydroxyl groups is 1. The first-order chi connectivity index (χ1) is 13.6. The van der Waals surface area contributed by atoms with Crippen molar-refractivity contribution in [1.29, 1.82) is 0 Å². The maximum atomic E-state index is 10.4. The number of β-amino-alcohol motifs (C(OH)–C–C–N with tert-alkyl or cyclic N) is 1. The molecule has 1 unspecified atom stereocenters. The first kappa shape index (κ1) is 20.0. The van der Waals surface area contributed by atoms with Gasteiger partial charge in [-0.05, 0) is 29.7 Å². The number of hydrogen-bond acceptors (Lipinski definition) is 5. The molecule has 1 aliphatic heterocycles. The number of nitrogens with one attached hydrogen (secondary N) is 1. The molecule has 0 saturated carbocycles. The van der Waals surface area contributed by atoms with E-state index >= 15 is 0 Å². The smallest absolute Gasteiger partial charge is 0.193 e. The average molecular weight is 384 g/mol. The van der Waals surface area contributed by atoms with Crippen LogP contribution in [0.4, 0.5) is 5.69 Å². The molecular formula is C21H28N4O3. The summed E-state index contributed by atoms with van der Waals surface area (Å²) in [7, 11) is 3.18. The highest BCUT2D eigenvalue weighted by Crippen LogP contribution is 2.28. The van der Waals surface area contributed by atoms with Crippen molar-refractivity contribution in [2.24, 2.45) is 10.7 Å². The Balaban J connectivity index is 1.53. The Kier molecular flexibility index (Phi) is 6.73. The van der Waals surface area contributed by atoms with Gasteiger partial charge in [-0.3, -0.25) is 9.89 Å². The fourth-order valence-electron chi connectivity index (χ4n) is 3.36. The number of anilines is 1. The molecule has 3 rings (SSSR count). The molecule has 0 bridgehead atoms. The topological polar surface area (TPSA) is 92.3 Å². The number of aliphatic hydroxyl groups excluding tert-OH is 1. The number of fused-ring (bicyclic) bond motifs is 1. The molecule has 2 aromatic carbocycles. The molecule has 2 aromatic rings. The van der Waals surface area contributed by atoms with Gasteiger partial charge in [0, 0.05) is 25.7 Å². The molecule has 1 aliphatic rings. The van der Waals surface area contributed by atoms with Crippen molar-refractivity contribution in [3.05, 3.63) is 53.6 Å². The largest absolute Gasteiger partial charge is 0.497 e. The molecule has 0 spiro atoms. The predicted octanol–water partition coefficient (Wildman–Crippen LogP) is 1.85. The van der Waals surface area contributed by atoms with Gasteiger partial charge < -0.3 is 25.6 Å². The van der Waals surface area contributed by atoms with Crippen LogP contribution in [0.1, 0.15) is 11.1 Å². The Labute approximate surface area is 165 Å². The lowest BCUT2D eigenvalue weighted by molar-refractivity contribution is 0.112. The number of ether oxygens (including phenoxy) is 2. The van der Waals surface area contributed by atoms with E-state index in [1.807, 2.05) is 0 Å². The SMILES string of the molecule is COc1ccc(OC)c(NC(N)=NCC(O)CN2CCc3ccccc3C2)c1. The van der Waals surface area contributed by atoms with E-state index in [0.29, 0.717) is 23.7 Å². The summed E-state index contributed by atoms with van der Waals surface area (Å²) in [6.45, 7) is 2.58. The van der Waals surface area contributed by atoms with Gasteiger partial charge >= 0.3 is 0 Å². The van der Waals surface area contributed by atoms with Gasteiger partial charge in [-0.15, -0.1) is 0 Å². The third-order valence-electron chi connectivity index (χ3n) is 4.82. The summed E-state index contributed by atoms with van der Waals surface area (Å²) in [6, 6.07) is 13.8. The third-order valence-corrected chi connectivity index (χ3v) is 4.82. The summed E-state index contributed by atoms with van der Waals surface area (Å²) in [4.78, 5) is 6.52. The molecule has 7 nitrogen and oxygen atoms in total. The van der Waals surface area contributed by atoms with Crippen LogP contribution in [0.3, 0.4) is 0 Å². The average Bonchev–Trinajstić information content (AvgIpc) is 2.72. The number of guanidine groups is 1. The van der Waals surface area contributed by atoms with E-state index in [-0.39, 0.29) is 12.5 Å². The second kappa shape index (κ2) is 9.43. The second-order valence-corrected chi connectivity index (χ2v) is 6.82. The molecule has 150 valence electrons. The maximum absolute atomic E-state index is 10.4. The fraction of sp³-hybridized carbons (Fsp3) is 0.381. The molecule has 1 heterocycles. The first-order valence-corrected chi connectivity index (χ1v) is 9.35. The molecule has 0 fully saturated rings. The zero-order valence-corrected chi connectivity index (χ0v) is 16.4. The summed E-state index contributed by atoms with van der Waals surface area (Å²) >= 11 is 0. The summed E-state index contributed by atoms with van der Waals surface area (Å²) in [5.74, 6) is 1.53. The molecule has 0 radical (unpaired) electrons. The Hall–Kier alpha value is -2.77. The van der Waals surface area contributed by atoms with Crippen molar-refractivity contribution >= 4 is 11.6 Å². The molecule has 0 aromatic heterocycles. The minimum atomic E-state index is -0.585. The van der Waals surface area contributed by atoms with Crippen molar-refractivity contribution in [1.82, 2.24) is 4.90 Å². The van der Waals surface area contributed by atoms with Gasteiger partial charge in [0.05, 0.1) is 32.6 Å². The number of benzene rings is 2. The zero-order valence-electron chi connectivity index (χ0n) is 16.4. The van der Waals surface area contributed by atoms with E-state index < -0.39 is 6.10 Å². The number of nitrogens with zero attached hydrogens (tertiary/aromatic N) is 2. The van der Waals surface area contributed by atoms with E-state index in [1.54, 1.807) is 32.4 Å². The summed E-state index contributed by atoms with van der Waals surface area (Å²) in [6.07, 6.45) is 0.420. The van der Waals surface area contributed by atoms with Gasteiger partial charge in [0.25, 0.3) is 0 Å². The summed E-state index contributed by atoms with van der Waals surface area (Å²) in [5, 5.41) is 13.4. The van der Waals surface area contributed by atoms with Crippen molar-refractivity contribution in [2.75, 3.05) is 39.2 Å². The molecule has 7 heteroatoms. The quantitative estimate of drug-likeness (QED) is 0.498. The number of hydrogen-bond donors (Lipinski definition) is 3. The highest BCUT2D eigenvalue weighted by molar-refractivity contribution is 5.94. The standard InChI is InChI=1S/C21H28N4O3/c1-27-18-7-8-20(28-2)19(11-18)24-21(22)23-12-17(26)14-25-10-9-15-5-3-4-6-16(15)13-25/h3-8,11,17,26H,9-10,12-14H2,1-2H3,(H3,22,23,24). The minimum Gasteiger partial charge on any atom is -0.497 e. The number of rotatable bonds is 7. The first-order valence-electron chi connectivity index (χ1n) is 9.35. The molecule has 0 amide bonds. The van der Waals surface area contributed by atoms with Gasteiger partial charge in [-0.2, -0.15) is 0 Å². The zero-order chi connectivity index (χ0) is 19.9. The lowest BCUT2D eigenvalue weighted by Gasteiger charge is -2.30. The van der Waals surface area contributed by atoms with E-state index in [4.69, 9.17) is 15.2 Å². The third kappa shape index (κ3) is 5.15. The predicted molar refractivity (Wildman–Crippen MR) is 111 cm³/mol. The maximum Gasteiger partial charge on any atom is 0.193 e. The molecule has 0 saturated heterocycles. The van der Waals surface area contributed by atoms with Crippen LogP contribution in [0, 0.1) is 0 Å². The monoisotopic (exact) mass is 384 g/mol. The van der Waals surface area contributed by atoms with Gasteiger partial charge in [0.1, 0.15) is 11.5 Å². The lowest BCUT2D eigenvalue weighted by atomic mass is 10.00. The number of aliphatic imine (C=N–C) groups is 1. The van der Waals surface area contributed by atoms with Gasteiger partial charge in [0.15, 0.2) is 5.96 Å². The van der Waals surface area contributed by atoms with Crippen molar-refractivity contribution in [3.8, 4) is 11.5 Å². The van der Waals surface area contributed by atoms with Crippen LogP contribution in [-0.4, -0.2) is 55.9 Å². The second-order valence-electron chi connectivity index (χ2n) is 6.82. The summed E-state index contributed by atoms with van der Waals surface area (Å²) in [5.41, 5.74) is 9.37. The van der Waals surface area contributed by atoms with Crippen LogP contribution in [-0.2, 0) is 13.0 Å². The molecular weight excluding hydrogens is 356 g/mol. The Morgan fingerprint density at radius 1 is 1.21 bits per heavy atom. The minimum absolute atomic E-state index is 0.217. The summed E-state index contributed by atoms with van der Waals surface area (Å²) < 4.78 is 10.5. The van der Waals surface area contributed by atoms with Crippen LogP contribution in [0.15, 0.2) is 47.5 Å². The molecule has 1 atom stereocenters. The molecule has 0 aliphatic carbocycles. The highest BCUT2D eigenvalue weighted by Gasteiger charge is 2.18. The number of methoxy groups -OCH3 is 2. The number of nitrogens with two attached hydrogens (primary N) is 1. The van der Waals surface area contributed by atoms with Crippen LogP contribution >= 0.6 is 0 Å². The van der Waals surface area contributed by atoms with Gasteiger partial charge in [-0.25, -0.2) is 0 Å². The van der Waals surface area contributed by atoms with Crippen LogP contribution < -0.4 is 20.5 Å². The van der Waals surface area contributed by atoms with Gasteiger partial charge in [-0.1, -0.05) is 24.3 Å². The van der Waals surface area contributed by atoms with Crippen molar-refractivity contribution in [2.45, 2.75) is 19.1 Å². The van der Waals surface area contributed by atoms with Crippen molar-refractivity contribution < 1.29 is 14.6 Å². The van der Waals surface area contributed by atoms with Crippen LogP contribution in [0.2, 0.25) is 0 Å². The Morgan fingerprint density at radius 2 is 2.00 bits per heavy atom. The van der Waals surface area contributed by atoms with E-state index in [1.165, 1.54) is 11.1 Å². The van der Waals surface area contributed by atoms with Gasteiger partial charge in [0.2, 0.25) is 0 Å². The van der Waals surface area contributed by atoms with E-state index in [0.717, 1.165) is 19.5 Å². The Morgan fingerprint density at radius 3 is 2.75 bits per heavy atom. The molecule has 4 N–H and O–H groups in total. The van der Waals surface area contributed by atoms with E-state index in [2.05, 4.69) is 39.5 Å². The normalized spacial score (nSPS) is 15.6. The van der Waals surface area contributed by atoms with Crippen molar-refractivity contribution in [3.63, 3.8) is 0 Å². The van der Waals surface area contributed by atoms with Crippen LogP contribution in [0.25, 0.3) is 0 Å².